The van der Waals surface area contributed by atoms with Crippen LogP contribution in [0.5, 0.6) is 5.75 Å². The van der Waals surface area contributed by atoms with Gasteiger partial charge in [-0.25, -0.2) is 4.79 Å². The highest BCUT2D eigenvalue weighted by molar-refractivity contribution is 6.30. The van der Waals surface area contributed by atoms with Crippen LogP contribution in [0.3, 0.4) is 0 Å². The summed E-state index contributed by atoms with van der Waals surface area (Å²) in [4.78, 5) is 16.3. The van der Waals surface area contributed by atoms with Gasteiger partial charge in [-0.2, -0.15) is 9.83 Å². The number of carbonyl (C=O) groups is 1. The second-order valence-corrected chi connectivity index (χ2v) is 9.70. The van der Waals surface area contributed by atoms with E-state index in [2.05, 4.69) is 20.9 Å². The van der Waals surface area contributed by atoms with Crippen LogP contribution in [0.2, 0.25) is 5.02 Å². The summed E-state index contributed by atoms with van der Waals surface area (Å²) in [5, 5.41) is 18.8. The number of ether oxygens (including phenoxy) is 3. The fourth-order valence-corrected chi connectivity index (χ4v) is 4.18. The number of halogens is 1. The zero-order valence-electron chi connectivity index (χ0n) is 22.2. The molecular weight excluding hydrogens is 520 g/mol. The van der Waals surface area contributed by atoms with E-state index in [4.69, 9.17) is 31.1 Å². The zero-order valence-corrected chi connectivity index (χ0v) is 23.0. The second kappa shape index (κ2) is 17.9. The summed E-state index contributed by atoms with van der Waals surface area (Å²) < 4.78 is 17.8. The van der Waals surface area contributed by atoms with E-state index >= 15 is 0 Å². The molecule has 1 aromatic heterocycles. The Hall–Kier alpha value is -3.55. The van der Waals surface area contributed by atoms with Crippen LogP contribution in [0.1, 0.15) is 44.9 Å². The van der Waals surface area contributed by atoms with E-state index in [1.54, 1.807) is 29.1 Å². The maximum absolute atomic E-state index is 11.9. The van der Waals surface area contributed by atoms with Crippen LogP contribution in [0.4, 0.5) is 10.5 Å². The van der Waals surface area contributed by atoms with Crippen molar-refractivity contribution < 1.29 is 23.6 Å². The summed E-state index contributed by atoms with van der Waals surface area (Å²) in [6, 6.07) is 11.0. The lowest BCUT2D eigenvalue weighted by Gasteiger charge is -2.21. The molecule has 210 valence electrons. The van der Waals surface area contributed by atoms with Gasteiger partial charge in [-0.1, -0.05) is 18.0 Å². The van der Waals surface area contributed by atoms with Crippen molar-refractivity contribution in [2.24, 2.45) is 10.9 Å². The molecule has 0 saturated carbocycles. The van der Waals surface area contributed by atoms with Gasteiger partial charge in [-0.05, 0) is 81.8 Å². The van der Waals surface area contributed by atoms with E-state index in [1.807, 2.05) is 30.5 Å². The van der Waals surface area contributed by atoms with Gasteiger partial charge < -0.3 is 24.8 Å². The molecule has 1 aliphatic rings. The molecule has 3 N–H and O–H groups in total. The number of unbranched alkanes of at least 4 members (excludes halogenated alkanes) is 3. The third kappa shape index (κ3) is 12.7. The van der Waals surface area contributed by atoms with Crippen molar-refractivity contribution in [1.29, 1.82) is 5.26 Å². The first kappa shape index (κ1) is 30.0. The molecule has 1 fully saturated rings. The Morgan fingerprint density at radius 2 is 1.79 bits per heavy atom. The fraction of sp³-hybridized carbons (Fsp3) is 0.500. The molecule has 39 heavy (non-hydrogen) atoms. The van der Waals surface area contributed by atoms with Crippen LogP contribution >= 0.6 is 11.6 Å². The van der Waals surface area contributed by atoms with Gasteiger partial charge in [0.15, 0.2) is 18.6 Å². The number of nitrogens with one attached hydrogen (secondary N) is 3. The van der Waals surface area contributed by atoms with E-state index in [-0.39, 0.29) is 6.73 Å². The average Bonchev–Trinajstić information content (AvgIpc) is 2.95. The Morgan fingerprint density at radius 3 is 2.54 bits per heavy atom. The Balaban J connectivity index is 1.28. The molecule has 1 saturated heterocycles. The summed E-state index contributed by atoms with van der Waals surface area (Å²) >= 11 is 5.88. The number of nitrogens with zero attached hydrogens (tertiary/aromatic N) is 3. The number of hydrogen-bond acceptors (Lipinski definition) is 7. The number of nitriles is 1. The van der Waals surface area contributed by atoms with Gasteiger partial charge in [-0.15, -0.1) is 0 Å². The summed E-state index contributed by atoms with van der Waals surface area (Å²) in [6.07, 6.45) is 11.8. The molecule has 11 heteroatoms. The van der Waals surface area contributed by atoms with Gasteiger partial charge in [0.05, 0.1) is 18.9 Å². The standard InChI is InChI=1S/C28H37ClN6O4/c29-24-5-7-26(8-6-24)37-19-4-2-1-3-14-32-27(33-21-30)34-25-11-17-35(18-12-25)22-39-28(36)38-20-13-23-9-15-31-16-10-23/h5-8,11-12,17-18,23,31H,1-4,9-10,13-16,19-20,22H2,(H,32,33)/p+1. The van der Waals surface area contributed by atoms with Gasteiger partial charge in [0.1, 0.15) is 5.75 Å². The monoisotopic (exact) mass is 557 g/mol. The van der Waals surface area contributed by atoms with Gasteiger partial charge >= 0.3 is 6.16 Å². The van der Waals surface area contributed by atoms with E-state index in [0.29, 0.717) is 36.7 Å². The third-order valence-corrected chi connectivity index (χ3v) is 6.52. The van der Waals surface area contributed by atoms with Crippen molar-refractivity contribution in [3.05, 3.63) is 53.8 Å². The fourth-order valence-electron chi connectivity index (χ4n) is 4.05. The summed E-state index contributed by atoms with van der Waals surface area (Å²) in [7, 11) is 0. The number of aromatic nitrogens is 1. The largest absolute Gasteiger partial charge is 0.513 e. The van der Waals surface area contributed by atoms with E-state index < -0.39 is 6.16 Å². The first-order chi connectivity index (χ1) is 19.1. The Labute approximate surface area is 235 Å². The van der Waals surface area contributed by atoms with Crippen molar-refractivity contribution in [3.8, 4) is 11.9 Å². The normalized spacial score (nSPS) is 13.8. The van der Waals surface area contributed by atoms with Gasteiger partial charge in [0.2, 0.25) is 5.96 Å². The summed E-state index contributed by atoms with van der Waals surface area (Å²) in [5.41, 5.74) is 0.747. The molecule has 1 aliphatic heterocycles. The molecule has 0 aliphatic carbocycles. The molecule has 0 radical (unpaired) electrons. The highest BCUT2D eigenvalue weighted by atomic mass is 35.5. The molecule has 3 rings (SSSR count). The molecule has 0 amide bonds. The number of benzene rings is 1. The van der Waals surface area contributed by atoms with Crippen LogP contribution in [0.15, 0.2) is 53.8 Å². The molecule has 2 heterocycles. The SMILES string of the molecule is N#CNC(=NCCCCCCOc1ccc(Cl)cc1)Nc1cc[n+](COC(=O)OCCC2CCNCC2)cc1. The van der Waals surface area contributed by atoms with Gasteiger partial charge in [-0.3, -0.25) is 10.3 Å². The molecule has 10 nitrogen and oxygen atoms in total. The lowest BCUT2D eigenvalue weighted by molar-refractivity contribution is -0.727. The van der Waals surface area contributed by atoms with Crippen LogP contribution in [-0.4, -0.2) is 45.0 Å². The van der Waals surface area contributed by atoms with E-state index in [0.717, 1.165) is 69.5 Å². The number of carbonyl (C=O) groups excluding carboxylic acids is 1. The topological polar surface area (TPSA) is 121 Å². The molecule has 0 unspecified atom stereocenters. The predicted octanol–water partition coefficient (Wildman–Crippen LogP) is 4.61. The number of aliphatic imine (C=N–C) groups is 1. The highest BCUT2D eigenvalue weighted by Gasteiger charge is 2.14. The Morgan fingerprint density at radius 1 is 1.05 bits per heavy atom. The molecular formula is C28H38ClN6O4+. The minimum atomic E-state index is -0.666. The van der Waals surface area contributed by atoms with Crippen LogP contribution in [0, 0.1) is 17.4 Å². The molecule has 0 atom stereocenters. The van der Waals surface area contributed by atoms with Crippen molar-refractivity contribution in [3.63, 3.8) is 0 Å². The quantitative estimate of drug-likeness (QED) is 0.0586. The number of anilines is 1. The molecule has 1 aromatic carbocycles. The zero-order chi connectivity index (χ0) is 27.5. The lowest BCUT2D eigenvalue weighted by atomic mass is 9.95. The first-order valence-corrected chi connectivity index (χ1v) is 13.8. The third-order valence-electron chi connectivity index (χ3n) is 6.27. The smallest absolute Gasteiger partial charge is 0.494 e. The van der Waals surface area contributed by atoms with Crippen molar-refractivity contribution in [1.82, 2.24) is 10.6 Å². The summed E-state index contributed by atoms with van der Waals surface area (Å²) in [6.45, 7) is 3.74. The maximum Gasteiger partial charge on any atom is 0.513 e. The molecule has 0 spiro atoms. The second-order valence-electron chi connectivity index (χ2n) is 9.26. The van der Waals surface area contributed by atoms with E-state index in [1.165, 1.54) is 0 Å². The first-order valence-electron chi connectivity index (χ1n) is 13.5. The minimum Gasteiger partial charge on any atom is -0.494 e. The van der Waals surface area contributed by atoms with E-state index in [9.17, 15) is 4.79 Å². The van der Waals surface area contributed by atoms with Crippen molar-refractivity contribution >= 4 is 29.4 Å². The molecule has 0 bridgehead atoms. The number of guanidine groups is 1. The summed E-state index contributed by atoms with van der Waals surface area (Å²) in [5.74, 6) is 1.81. The van der Waals surface area contributed by atoms with Gasteiger partial charge in [0, 0.05) is 23.7 Å². The number of rotatable bonds is 14. The molecule has 2 aromatic rings. The average molecular weight is 558 g/mol. The lowest BCUT2D eigenvalue weighted by Crippen LogP contribution is -2.36. The van der Waals surface area contributed by atoms with Gasteiger partial charge in [0.25, 0.3) is 6.73 Å². The highest BCUT2D eigenvalue weighted by Crippen LogP contribution is 2.16. The minimum absolute atomic E-state index is 0.0502. The van der Waals surface area contributed by atoms with Crippen molar-refractivity contribution in [2.45, 2.75) is 51.7 Å². The predicted molar refractivity (Wildman–Crippen MR) is 149 cm³/mol. The Bertz CT molecular complexity index is 1050. The van der Waals surface area contributed by atoms with Crippen molar-refractivity contribution in [2.75, 3.05) is 38.2 Å². The number of pyridine rings is 1. The number of piperidine rings is 1. The van der Waals surface area contributed by atoms with Crippen LogP contribution in [0.25, 0.3) is 0 Å². The Kier molecular flexibility index (Phi) is 13.7. The van der Waals surface area contributed by atoms with Crippen LogP contribution in [-0.2, 0) is 16.2 Å². The van der Waals surface area contributed by atoms with Crippen LogP contribution < -0.4 is 25.3 Å². The number of hydrogen-bond donors (Lipinski definition) is 3. The maximum atomic E-state index is 11.9.